The van der Waals surface area contributed by atoms with Crippen molar-refractivity contribution in [3.8, 4) is 0 Å². The van der Waals surface area contributed by atoms with Crippen molar-refractivity contribution in [2.45, 2.75) is 19.8 Å². The lowest BCUT2D eigenvalue weighted by atomic mass is 10.3. The minimum Gasteiger partial charge on any atom is -0.447 e. The molecule has 0 saturated carbocycles. The van der Waals surface area contributed by atoms with Crippen LogP contribution in [-0.4, -0.2) is 46.1 Å². The van der Waals surface area contributed by atoms with Gasteiger partial charge in [-0.1, -0.05) is 13.3 Å². The molecular formula is C10H22N2O3. The molecule has 0 aliphatic rings. The van der Waals surface area contributed by atoms with E-state index in [1.165, 1.54) is 0 Å². The summed E-state index contributed by atoms with van der Waals surface area (Å²) in [7, 11) is 1.86. The molecule has 1 amide bonds. The lowest BCUT2D eigenvalue weighted by Gasteiger charge is -2.06. The summed E-state index contributed by atoms with van der Waals surface area (Å²) in [6, 6.07) is 0. The molecule has 0 radical (unpaired) electrons. The maximum atomic E-state index is 11.0. The Labute approximate surface area is 91.5 Å². The first-order valence-corrected chi connectivity index (χ1v) is 5.44. The van der Waals surface area contributed by atoms with Gasteiger partial charge in [0, 0.05) is 13.1 Å². The van der Waals surface area contributed by atoms with Crippen LogP contribution >= 0.6 is 0 Å². The molecule has 5 heteroatoms. The van der Waals surface area contributed by atoms with Gasteiger partial charge >= 0.3 is 6.09 Å². The van der Waals surface area contributed by atoms with Crippen molar-refractivity contribution < 1.29 is 14.3 Å². The van der Waals surface area contributed by atoms with Crippen LogP contribution in [0.25, 0.3) is 0 Å². The van der Waals surface area contributed by atoms with Crippen LogP contribution in [0.15, 0.2) is 0 Å². The second-order valence-corrected chi connectivity index (χ2v) is 3.13. The van der Waals surface area contributed by atoms with Gasteiger partial charge in [0.05, 0.1) is 13.2 Å². The Balaban J connectivity index is 3.10. The Morgan fingerprint density at radius 3 is 2.67 bits per heavy atom. The fourth-order valence-corrected chi connectivity index (χ4v) is 0.888. The molecule has 0 aromatic heterocycles. The summed E-state index contributed by atoms with van der Waals surface area (Å²) >= 11 is 0. The normalized spacial score (nSPS) is 10.0. The van der Waals surface area contributed by atoms with E-state index in [4.69, 9.17) is 9.47 Å². The van der Waals surface area contributed by atoms with E-state index >= 15 is 0 Å². The van der Waals surface area contributed by atoms with Crippen LogP contribution < -0.4 is 10.6 Å². The van der Waals surface area contributed by atoms with E-state index in [9.17, 15) is 4.79 Å². The molecule has 0 fully saturated rings. The Hall–Kier alpha value is -0.810. The zero-order valence-electron chi connectivity index (χ0n) is 9.67. The van der Waals surface area contributed by atoms with Gasteiger partial charge in [-0.15, -0.1) is 0 Å². The van der Waals surface area contributed by atoms with Crippen molar-refractivity contribution in [2.24, 2.45) is 0 Å². The molecule has 0 rings (SSSR count). The maximum absolute atomic E-state index is 11.0. The Morgan fingerprint density at radius 1 is 1.20 bits per heavy atom. The molecule has 0 saturated heterocycles. The number of hydrogen-bond donors (Lipinski definition) is 2. The van der Waals surface area contributed by atoms with Gasteiger partial charge in [0.15, 0.2) is 0 Å². The van der Waals surface area contributed by atoms with Crippen LogP contribution in [0, 0.1) is 0 Å². The molecular weight excluding hydrogens is 196 g/mol. The minimum absolute atomic E-state index is 0.307. The van der Waals surface area contributed by atoms with E-state index in [0.29, 0.717) is 26.4 Å². The summed E-state index contributed by atoms with van der Waals surface area (Å²) in [6.45, 7) is 4.95. The fourth-order valence-electron chi connectivity index (χ4n) is 0.888. The number of rotatable bonds is 9. The molecule has 0 spiro atoms. The lowest BCUT2D eigenvalue weighted by Crippen LogP contribution is -2.26. The number of likely N-dealkylation sites (N-methyl/N-ethyl adjacent to an activating group) is 1. The number of carbonyl (C=O) groups is 1. The van der Waals surface area contributed by atoms with Crippen molar-refractivity contribution >= 4 is 6.09 Å². The molecule has 5 nitrogen and oxygen atoms in total. The molecule has 0 aliphatic carbocycles. The fraction of sp³-hybridized carbons (Fsp3) is 0.900. The predicted molar refractivity (Wildman–Crippen MR) is 59.0 cm³/mol. The standard InChI is InChI=1S/C10H22N2O3/c1-3-4-5-12-10(13)15-9-8-14-7-6-11-2/h11H,3-9H2,1-2H3,(H,12,13). The summed E-state index contributed by atoms with van der Waals surface area (Å²) in [6.07, 6.45) is 1.68. The number of amides is 1. The number of alkyl carbamates (subject to hydrolysis) is 1. The molecule has 2 N–H and O–H groups in total. The highest BCUT2D eigenvalue weighted by Gasteiger charge is 1.99. The van der Waals surface area contributed by atoms with Crippen molar-refractivity contribution in [3.63, 3.8) is 0 Å². The van der Waals surface area contributed by atoms with E-state index in [-0.39, 0.29) is 6.09 Å². The highest BCUT2D eigenvalue weighted by atomic mass is 16.6. The van der Waals surface area contributed by atoms with Crippen LogP contribution in [0.5, 0.6) is 0 Å². The Morgan fingerprint density at radius 2 is 2.00 bits per heavy atom. The second kappa shape index (κ2) is 11.3. The summed E-state index contributed by atoms with van der Waals surface area (Å²) in [5, 5.41) is 5.61. The summed E-state index contributed by atoms with van der Waals surface area (Å²) < 4.78 is 10.1. The molecule has 0 unspecified atom stereocenters. The second-order valence-electron chi connectivity index (χ2n) is 3.13. The molecule has 0 bridgehead atoms. The average molecular weight is 218 g/mol. The number of hydrogen-bond acceptors (Lipinski definition) is 4. The number of unbranched alkanes of at least 4 members (excludes halogenated alkanes) is 1. The Bertz CT molecular complexity index is 154. The van der Waals surface area contributed by atoms with Crippen molar-refractivity contribution in [2.75, 3.05) is 40.0 Å². The highest BCUT2D eigenvalue weighted by Crippen LogP contribution is 1.84. The van der Waals surface area contributed by atoms with E-state index in [0.717, 1.165) is 19.4 Å². The summed E-state index contributed by atoms with van der Waals surface area (Å²) in [4.78, 5) is 11.0. The van der Waals surface area contributed by atoms with Gasteiger partial charge in [0.1, 0.15) is 6.61 Å². The smallest absolute Gasteiger partial charge is 0.407 e. The highest BCUT2D eigenvalue weighted by molar-refractivity contribution is 5.66. The average Bonchev–Trinajstić information content (AvgIpc) is 2.23. The number of ether oxygens (including phenoxy) is 2. The largest absolute Gasteiger partial charge is 0.447 e. The van der Waals surface area contributed by atoms with Crippen LogP contribution in [0.4, 0.5) is 4.79 Å². The van der Waals surface area contributed by atoms with Crippen molar-refractivity contribution in [1.82, 2.24) is 10.6 Å². The number of nitrogens with one attached hydrogen (secondary N) is 2. The van der Waals surface area contributed by atoms with Gasteiger partial charge in [-0.25, -0.2) is 4.79 Å². The lowest BCUT2D eigenvalue weighted by molar-refractivity contribution is 0.0745. The monoisotopic (exact) mass is 218 g/mol. The van der Waals surface area contributed by atoms with Gasteiger partial charge in [-0.05, 0) is 13.5 Å². The van der Waals surface area contributed by atoms with Gasteiger partial charge in [0.25, 0.3) is 0 Å². The first-order valence-electron chi connectivity index (χ1n) is 5.44. The van der Waals surface area contributed by atoms with E-state index in [1.807, 2.05) is 7.05 Å². The van der Waals surface area contributed by atoms with Gasteiger partial charge < -0.3 is 20.1 Å². The third kappa shape index (κ3) is 11.1. The van der Waals surface area contributed by atoms with Crippen molar-refractivity contribution in [3.05, 3.63) is 0 Å². The van der Waals surface area contributed by atoms with E-state index in [1.54, 1.807) is 0 Å². The molecule has 0 aromatic carbocycles. The third-order valence-corrected chi connectivity index (χ3v) is 1.76. The van der Waals surface area contributed by atoms with Crippen LogP contribution in [0.1, 0.15) is 19.8 Å². The van der Waals surface area contributed by atoms with E-state index < -0.39 is 0 Å². The maximum Gasteiger partial charge on any atom is 0.407 e. The predicted octanol–water partition coefficient (Wildman–Crippen LogP) is 0.749. The molecule has 0 aliphatic heterocycles. The summed E-state index contributed by atoms with van der Waals surface area (Å²) in [5.74, 6) is 0. The van der Waals surface area contributed by atoms with Crippen LogP contribution in [0.2, 0.25) is 0 Å². The molecule has 0 heterocycles. The topological polar surface area (TPSA) is 59.6 Å². The number of carbonyl (C=O) groups excluding carboxylic acids is 1. The van der Waals surface area contributed by atoms with Crippen LogP contribution in [0.3, 0.4) is 0 Å². The zero-order chi connectivity index (χ0) is 11.4. The first-order chi connectivity index (χ1) is 7.31. The first kappa shape index (κ1) is 14.2. The van der Waals surface area contributed by atoms with E-state index in [2.05, 4.69) is 17.6 Å². The molecule has 90 valence electrons. The zero-order valence-corrected chi connectivity index (χ0v) is 9.67. The SMILES string of the molecule is CCCCNC(=O)OCCOCCNC. The van der Waals surface area contributed by atoms with Gasteiger partial charge in [0.2, 0.25) is 0 Å². The Kier molecular flexibility index (Phi) is 10.7. The molecule has 0 aromatic rings. The van der Waals surface area contributed by atoms with Crippen molar-refractivity contribution in [1.29, 1.82) is 0 Å². The summed E-state index contributed by atoms with van der Waals surface area (Å²) in [5.41, 5.74) is 0. The molecule has 15 heavy (non-hydrogen) atoms. The minimum atomic E-state index is -0.360. The quantitative estimate of drug-likeness (QED) is 0.561. The van der Waals surface area contributed by atoms with Gasteiger partial charge in [-0.2, -0.15) is 0 Å². The molecule has 0 atom stereocenters. The van der Waals surface area contributed by atoms with Crippen LogP contribution in [-0.2, 0) is 9.47 Å². The third-order valence-electron chi connectivity index (χ3n) is 1.76. The van der Waals surface area contributed by atoms with Gasteiger partial charge in [-0.3, -0.25) is 0 Å².